The molecule has 5 rings (SSSR count). The van der Waals surface area contributed by atoms with Gasteiger partial charge < -0.3 is 77.3 Å². The molecule has 17 nitrogen and oxygen atoms in total. The summed E-state index contributed by atoms with van der Waals surface area (Å²) in [5, 5.41) is 43.3. The summed E-state index contributed by atoms with van der Waals surface area (Å²) in [5.74, 6) is -0.365. The monoisotopic (exact) mass is 724 g/mol. The van der Waals surface area contributed by atoms with E-state index in [2.05, 4.69) is 0 Å². The number of hydrogen-bond acceptors (Lipinski definition) is 17. The number of ether oxygens (including phenoxy) is 12. The zero-order chi connectivity index (χ0) is 36.4. The lowest BCUT2D eigenvalue weighted by molar-refractivity contribution is -0.355. The first-order chi connectivity index (χ1) is 23.7. The third-order valence-electron chi connectivity index (χ3n) is 10.3. The topological polar surface area (TPSA) is 209 Å². The number of carbonyl (C=O) groups excluding carboxylic acids is 1. The highest BCUT2D eigenvalue weighted by atomic mass is 16.8. The lowest BCUT2D eigenvalue weighted by Crippen LogP contribution is -2.61. The quantitative estimate of drug-likeness (QED) is 0.198. The normalized spacial score (nSPS) is 50.5. The smallest absolute Gasteiger partial charge is 0.308 e. The molecule has 290 valence electrons. The first-order valence-corrected chi connectivity index (χ1v) is 17.5. The summed E-state index contributed by atoms with van der Waals surface area (Å²) in [6.07, 6.45) is -14.9. The predicted molar refractivity (Wildman–Crippen MR) is 167 cm³/mol. The van der Waals surface area contributed by atoms with E-state index in [1.165, 1.54) is 21.3 Å². The second-order valence-corrected chi connectivity index (χ2v) is 13.9. The lowest BCUT2D eigenvalue weighted by Gasteiger charge is -2.47. The SMILES string of the molecule is CO[C@@H]1[C@@H](O)[C@@H](C)O[C@@H](O[C@H]2[C@H](C)O[C@H](O[C@H]3[C@H](O)C[C@H](O[C@H]4[C@H](O)C[C@@H](O[C@@H]5[C@@H](C)OC(=O)C[C@H]5OC)O[C@@H]4C)O[C@H]3C)C[C@H]2OC)[C@@H]1O. The molecule has 0 aliphatic carbocycles. The van der Waals surface area contributed by atoms with Gasteiger partial charge in [0.05, 0.1) is 55.3 Å². The molecule has 0 spiro atoms. The number of hydrogen-bond donors (Lipinski definition) is 4. The molecular formula is C33H56O17. The van der Waals surface area contributed by atoms with Gasteiger partial charge in [-0.2, -0.15) is 0 Å². The summed E-state index contributed by atoms with van der Waals surface area (Å²) < 4.78 is 70.4. The number of cyclic esters (lactones) is 1. The molecule has 5 saturated heterocycles. The molecule has 20 atom stereocenters. The Morgan fingerprint density at radius 1 is 0.520 bits per heavy atom. The molecule has 0 aromatic heterocycles. The molecule has 5 fully saturated rings. The van der Waals surface area contributed by atoms with E-state index in [9.17, 15) is 25.2 Å². The van der Waals surface area contributed by atoms with Crippen LogP contribution in [-0.2, 0) is 61.6 Å². The maximum atomic E-state index is 11.8. The summed E-state index contributed by atoms with van der Waals surface area (Å²) >= 11 is 0. The second kappa shape index (κ2) is 17.3. The molecule has 17 heteroatoms. The highest BCUT2D eigenvalue weighted by Crippen LogP contribution is 2.35. The summed E-state index contributed by atoms with van der Waals surface area (Å²) in [6.45, 7) is 8.68. The average Bonchev–Trinajstić information content (AvgIpc) is 3.05. The van der Waals surface area contributed by atoms with Crippen molar-refractivity contribution in [1.29, 1.82) is 0 Å². The maximum Gasteiger partial charge on any atom is 0.308 e. The fourth-order valence-electron chi connectivity index (χ4n) is 7.52. The van der Waals surface area contributed by atoms with Crippen molar-refractivity contribution in [2.45, 2.75) is 183 Å². The van der Waals surface area contributed by atoms with E-state index >= 15 is 0 Å². The van der Waals surface area contributed by atoms with Gasteiger partial charge in [0.25, 0.3) is 0 Å². The fourth-order valence-corrected chi connectivity index (χ4v) is 7.52. The molecule has 0 saturated carbocycles. The Labute approximate surface area is 292 Å². The molecule has 0 unspecified atom stereocenters. The van der Waals surface area contributed by atoms with E-state index in [1.54, 1.807) is 34.6 Å². The van der Waals surface area contributed by atoms with Crippen molar-refractivity contribution in [1.82, 2.24) is 0 Å². The number of rotatable bonds is 11. The number of carbonyl (C=O) groups is 1. The zero-order valence-corrected chi connectivity index (χ0v) is 30.0. The molecule has 0 aromatic carbocycles. The molecule has 0 aromatic rings. The van der Waals surface area contributed by atoms with Crippen molar-refractivity contribution in [3.8, 4) is 0 Å². The minimum atomic E-state index is -1.24. The number of aliphatic hydroxyl groups is 4. The van der Waals surface area contributed by atoms with Crippen LogP contribution in [0.1, 0.15) is 60.3 Å². The molecular weight excluding hydrogens is 668 g/mol. The number of esters is 1. The van der Waals surface area contributed by atoms with Crippen LogP contribution in [-0.4, -0.2) is 171 Å². The van der Waals surface area contributed by atoms with Crippen molar-refractivity contribution >= 4 is 5.97 Å². The van der Waals surface area contributed by atoms with E-state index in [0.717, 1.165) is 0 Å². The highest BCUT2D eigenvalue weighted by Gasteiger charge is 2.50. The Bertz CT molecular complexity index is 1060. The van der Waals surface area contributed by atoms with Crippen molar-refractivity contribution in [3.05, 3.63) is 0 Å². The number of aliphatic hydroxyl groups excluding tert-OH is 4. The van der Waals surface area contributed by atoms with Gasteiger partial charge >= 0.3 is 5.97 Å². The lowest BCUT2D eigenvalue weighted by atomic mass is 9.98. The van der Waals surface area contributed by atoms with Gasteiger partial charge in [-0.3, -0.25) is 4.79 Å². The zero-order valence-electron chi connectivity index (χ0n) is 30.0. The molecule has 0 bridgehead atoms. The summed E-state index contributed by atoms with van der Waals surface area (Å²) in [5.41, 5.74) is 0. The second-order valence-electron chi connectivity index (χ2n) is 13.9. The van der Waals surface area contributed by atoms with E-state index in [4.69, 9.17) is 56.8 Å². The molecule has 4 N–H and O–H groups in total. The molecule has 50 heavy (non-hydrogen) atoms. The predicted octanol–water partition coefficient (Wildman–Crippen LogP) is -0.499. The van der Waals surface area contributed by atoms with E-state index in [0.29, 0.717) is 0 Å². The van der Waals surface area contributed by atoms with Crippen molar-refractivity contribution < 1.29 is 82.1 Å². The standard InChI is InChI=1S/C33H56O17/c1-13-26(37)32(41-8)27(38)33(46-13)50-31-17(5)45-25(12-21(31)40-7)48-29-15(3)43-23(9-18(29)34)47-28-14(2)44-24(10-19(28)35)49-30-16(4)42-22(36)11-20(30)39-6/h13-21,23-35,37-38H,9-12H2,1-8H3/t13-,14-,15+,16-,17+,18-,19-,20-,21-,23+,24-,25-,26+,27-,28-,29-,30-,31+,32-,33+/m1/s1. The van der Waals surface area contributed by atoms with Gasteiger partial charge in [-0.1, -0.05) is 0 Å². The summed E-state index contributed by atoms with van der Waals surface area (Å²) in [7, 11) is 4.43. The minimum Gasteiger partial charge on any atom is -0.460 e. The Morgan fingerprint density at radius 2 is 1.00 bits per heavy atom. The van der Waals surface area contributed by atoms with Crippen LogP contribution in [0.2, 0.25) is 0 Å². The van der Waals surface area contributed by atoms with Gasteiger partial charge in [-0.15, -0.1) is 0 Å². The van der Waals surface area contributed by atoms with Crippen LogP contribution in [0, 0.1) is 0 Å². The number of methoxy groups -OCH3 is 3. The minimum absolute atomic E-state index is 0.0580. The van der Waals surface area contributed by atoms with Gasteiger partial charge in [-0.05, 0) is 34.6 Å². The maximum absolute atomic E-state index is 11.8. The van der Waals surface area contributed by atoms with Crippen molar-refractivity contribution in [2.75, 3.05) is 21.3 Å². The first kappa shape index (κ1) is 40.1. The van der Waals surface area contributed by atoms with Crippen LogP contribution in [0.25, 0.3) is 0 Å². The van der Waals surface area contributed by atoms with Crippen molar-refractivity contribution in [2.24, 2.45) is 0 Å². The fraction of sp³-hybridized carbons (Fsp3) is 0.970. The van der Waals surface area contributed by atoms with Crippen LogP contribution < -0.4 is 0 Å². The van der Waals surface area contributed by atoms with Crippen LogP contribution in [0.15, 0.2) is 0 Å². The average molecular weight is 725 g/mol. The third kappa shape index (κ3) is 8.97. The van der Waals surface area contributed by atoms with Gasteiger partial charge in [-0.25, -0.2) is 0 Å². The molecule has 5 aliphatic rings. The summed E-state index contributed by atoms with van der Waals surface area (Å²) in [4.78, 5) is 11.8. The summed E-state index contributed by atoms with van der Waals surface area (Å²) in [6, 6.07) is 0. The molecule has 5 heterocycles. The van der Waals surface area contributed by atoms with Gasteiger partial charge in [0, 0.05) is 40.6 Å². The van der Waals surface area contributed by atoms with Crippen LogP contribution in [0.5, 0.6) is 0 Å². The van der Waals surface area contributed by atoms with Crippen LogP contribution in [0.4, 0.5) is 0 Å². The van der Waals surface area contributed by atoms with Crippen LogP contribution in [0.3, 0.4) is 0 Å². The Kier molecular flexibility index (Phi) is 13.9. The third-order valence-corrected chi connectivity index (χ3v) is 10.3. The molecule has 0 amide bonds. The van der Waals surface area contributed by atoms with Gasteiger partial charge in [0.1, 0.15) is 48.8 Å². The van der Waals surface area contributed by atoms with Gasteiger partial charge in [0.15, 0.2) is 25.2 Å². The first-order valence-electron chi connectivity index (χ1n) is 17.5. The van der Waals surface area contributed by atoms with Crippen molar-refractivity contribution in [3.63, 3.8) is 0 Å². The Morgan fingerprint density at radius 3 is 1.50 bits per heavy atom. The van der Waals surface area contributed by atoms with Gasteiger partial charge in [0.2, 0.25) is 0 Å². The van der Waals surface area contributed by atoms with E-state index < -0.39 is 123 Å². The van der Waals surface area contributed by atoms with E-state index in [-0.39, 0.29) is 31.7 Å². The Hall–Kier alpha value is -1.13. The molecule has 0 radical (unpaired) electrons. The highest BCUT2D eigenvalue weighted by molar-refractivity contribution is 5.71. The molecule has 5 aliphatic heterocycles. The van der Waals surface area contributed by atoms with Crippen LogP contribution >= 0.6 is 0 Å². The Balaban J connectivity index is 1.11. The van der Waals surface area contributed by atoms with E-state index in [1.807, 2.05) is 0 Å². The largest absolute Gasteiger partial charge is 0.460 e.